The van der Waals surface area contributed by atoms with Crippen molar-refractivity contribution in [1.29, 1.82) is 0 Å². The van der Waals surface area contributed by atoms with Crippen molar-refractivity contribution in [2.45, 2.75) is 31.7 Å². The minimum Gasteiger partial charge on any atom is -0.503 e. The van der Waals surface area contributed by atoms with Crippen LogP contribution in [0.4, 0.5) is 4.39 Å². The highest BCUT2D eigenvalue weighted by Gasteiger charge is 2.43. The summed E-state index contributed by atoms with van der Waals surface area (Å²) in [7, 11) is 0. The van der Waals surface area contributed by atoms with Gasteiger partial charge in [0.15, 0.2) is 11.5 Å². The number of rotatable bonds is 10. The second kappa shape index (κ2) is 10.5. The lowest BCUT2D eigenvalue weighted by Crippen LogP contribution is -2.32. The van der Waals surface area contributed by atoms with Crippen molar-refractivity contribution in [1.82, 2.24) is 4.90 Å². The maximum absolute atomic E-state index is 14.7. The summed E-state index contributed by atoms with van der Waals surface area (Å²) in [6, 6.07) is 13.8. The lowest BCUT2D eigenvalue weighted by molar-refractivity contribution is -0.137. The number of hydrogen-bond acceptors (Lipinski definition) is 4. The molecule has 32 heavy (non-hydrogen) atoms. The molecule has 1 atom stereocenters. The summed E-state index contributed by atoms with van der Waals surface area (Å²) in [6.07, 6.45) is 4.28. The van der Waals surface area contributed by atoms with E-state index in [1.807, 2.05) is 18.2 Å². The van der Waals surface area contributed by atoms with Gasteiger partial charge in [0.25, 0.3) is 5.91 Å². The average Bonchev–Trinajstić information content (AvgIpc) is 3.03. The summed E-state index contributed by atoms with van der Waals surface area (Å²) in [6.45, 7) is 0.153. The normalized spacial score (nSPS) is 16.2. The number of carboxylic acid groups (broad SMARTS) is 1. The van der Waals surface area contributed by atoms with Crippen molar-refractivity contribution < 1.29 is 29.0 Å². The number of allylic oxidation sites excluding steroid dienone is 1. The Hall–Kier alpha value is -3.74. The Morgan fingerprint density at radius 3 is 2.38 bits per heavy atom. The molecule has 2 N–H and O–H groups in total. The SMILES string of the molecule is O=C(O)CCCCCN1C(=O)C(O)=C(C(=O)/C=C/c2ccccc2)C1c1ccccc1F. The van der Waals surface area contributed by atoms with Crippen LogP contribution in [0.5, 0.6) is 0 Å². The van der Waals surface area contributed by atoms with Crippen LogP contribution in [0.2, 0.25) is 0 Å². The van der Waals surface area contributed by atoms with Crippen molar-refractivity contribution in [3.05, 3.63) is 88.9 Å². The molecule has 0 bridgehead atoms. The first-order chi connectivity index (χ1) is 15.4. The molecule has 1 aliphatic heterocycles. The summed E-state index contributed by atoms with van der Waals surface area (Å²) in [4.78, 5) is 37.7. The molecule has 1 unspecified atom stereocenters. The Morgan fingerprint density at radius 1 is 1.00 bits per heavy atom. The fraction of sp³-hybridized carbons (Fsp3) is 0.240. The van der Waals surface area contributed by atoms with E-state index in [9.17, 15) is 23.9 Å². The molecule has 0 radical (unpaired) electrons. The van der Waals surface area contributed by atoms with Crippen molar-refractivity contribution in [2.24, 2.45) is 0 Å². The van der Waals surface area contributed by atoms with Gasteiger partial charge in [-0.15, -0.1) is 0 Å². The van der Waals surface area contributed by atoms with Gasteiger partial charge >= 0.3 is 5.97 Å². The summed E-state index contributed by atoms with van der Waals surface area (Å²) < 4.78 is 14.7. The highest BCUT2D eigenvalue weighted by Crippen LogP contribution is 2.39. The van der Waals surface area contributed by atoms with Gasteiger partial charge in [-0.05, 0) is 30.5 Å². The molecular weight excluding hydrogens is 413 g/mol. The number of benzene rings is 2. The monoisotopic (exact) mass is 437 g/mol. The van der Waals surface area contributed by atoms with Crippen LogP contribution in [0.15, 0.2) is 72.0 Å². The van der Waals surface area contributed by atoms with Crippen LogP contribution in [-0.2, 0) is 14.4 Å². The molecule has 2 aromatic carbocycles. The van der Waals surface area contributed by atoms with Gasteiger partial charge in [0, 0.05) is 18.5 Å². The number of carbonyl (C=O) groups excluding carboxylic acids is 2. The zero-order valence-electron chi connectivity index (χ0n) is 17.4. The third kappa shape index (κ3) is 5.29. The van der Waals surface area contributed by atoms with Crippen molar-refractivity contribution in [3.8, 4) is 0 Å². The van der Waals surface area contributed by atoms with Gasteiger partial charge in [-0.1, -0.05) is 61.0 Å². The third-order valence-electron chi connectivity index (χ3n) is 5.29. The summed E-state index contributed by atoms with van der Waals surface area (Å²) in [5, 5.41) is 19.3. The zero-order valence-corrected chi connectivity index (χ0v) is 17.4. The van der Waals surface area contributed by atoms with E-state index in [1.54, 1.807) is 24.3 Å². The van der Waals surface area contributed by atoms with Gasteiger partial charge in [0.2, 0.25) is 0 Å². The Bertz CT molecular complexity index is 1060. The Labute approximate surface area is 185 Å². The first-order valence-corrected chi connectivity index (χ1v) is 10.4. The molecule has 0 aromatic heterocycles. The second-order valence-corrected chi connectivity index (χ2v) is 7.50. The summed E-state index contributed by atoms with van der Waals surface area (Å²) in [5.41, 5.74) is 0.715. The van der Waals surface area contributed by atoms with Gasteiger partial charge in [-0.25, -0.2) is 4.39 Å². The first-order valence-electron chi connectivity index (χ1n) is 10.4. The average molecular weight is 437 g/mol. The molecule has 7 heteroatoms. The van der Waals surface area contributed by atoms with E-state index >= 15 is 0 Å². The lowest BCUT2D eigenvalue weighted by atomic mass is 9.95. The van der Waals surface area contributed by atoms with Crippen LogP contribution >= 0.6 is 0 Å². The second-order valence-electron chi connectivity index (χ2n) is 7.50. The maximum atomic E-state index is 14.7. The number of carbonyl (C=O) groups is 3. The van der Waals surface area contributed by atoms with Crippen molar-refractivity contribution >= 4 is 23.7 Å². The third-order valence-corrected chi connectivity index (χ3v) is 5.29. The molecule has 6 nitrogen and oxygen atoms in total. The van der Waals surface area contributed by atoms with Gasteiger partial charge in [0.05, 0.1) is 11.6 Å². The molecule has 3 rings (SSSR count). The van der Waals surface area contributed by atoms with Crippen molar-refractivity contribution in [3.63, 3.8) is 0 Å². The molecule has 2 aromatic rings. The number of carboxylic acids is 1. The summed E-state index contributed by atoms with van der Waals surface area (Å²) >= 11 is 0. The van der Waals surface area contributed by atoms with Crippen LogP contribution < -0.4 is 0 Å². The molecule has 1 amide bonds. The highest BCUT2D eigenvalue weighted by atomic mass is 19.1. The highest BCUT2D eigenvalue weighted by molar-refractivity contribution is 6.14. The number of ketones is 1. The smallest absolute Gasteiger partial charge is 0.303 e. The fourth-order valence-corrected chi connectivity index (χ4v) is 3.72. The zero-order chi connectivity index (χ0) is 23.1. The van der Waals surface area contributed by atoms with E-state index in [1.165, 1.54) is 29.2 Å². The number of unbranched alkanes of at least 4 members (excludes halogenated alkanes) is 2. The minimum atomic E-state index is -1.06. The van der Waals surface area contributed by atoms with E-state index < -0.39 is 35.3 Å². The van der Waals surface area contributed by atoms with Gasteiger partial charge in [0.1, 0.15) is 5.82 Å². The molecule has 0 aliphatic carbocycles. The van der Waals surface area contributed by atoms with E-state index in [-0.39, 0.29) is 24.1 Å². The molecule has 0 saturated carbocycles. The molecule has 0 fully saturated rings. The van der Waals surface area contributed by atoms with Crippen LogP contribution in [-0.4, -0.2) is 39.3 Å². The molecule has 166 valence electrons. The number of hydrogen-bond donors (Lipinski definition) is 2. The number of nitrogens with zero attached hydrogens (tertiary/aromatic N) is 1. The number of aliphatic hydroxyl groups is 1. The Balaban J connectivity index is 1.87. The Kier molecular flexibility index (Phi) is 7.54. The quantitative estimate of drug-likeness (QED) is 0.423. The van der Waals surface area contributed by atoms with Crippen LogP contribution in [0.25, 0.3) is 6.08 Å². The van der Waals surface area contributed by atoms with E-state index in [0.717, 1.165) is 5.56 Å². The topological polar surface area (TPSA) is 94.9 Å². The van der Waals surface area contributed by atoms with Crippen LogP contribution in [0.3, 0.4) is 0 Å². The molecule has 0 saturated heterocycles. The molecule has 1 aliphatic rings. The number of halogens is 1. The molecule has 0 spiro atoms. The van der Waals surface area contributed by atoms with E-state index in [2.05, 4.69) is 0 Å². The summed E-state index contributed by atoms with van der Waals surface area (Å²) in [5.74, 6) is -3.50. The first kappa shape index (κ1) is 22.9. The minimum absolute atomic E-state index is 0.0161. The van der Waals surface area contributed by atoms with E-state index in [0.29, 0.717) is 19.3 Å². The maximum Gasteiger partial charge on any atom is 0.303 e. The fourth-order valence-electron chi connectivity index (χ4n) is 3.72. The van der Waals surface area contributed by atoms with Crippen LogP contribution in [0, 0.1) is 5.82 Å². The molecular formula is C25H24FNO5. The van der Waals surface area contributed by atoms with E-state index in [4.69, 9.17) is 5.11 Å². The Morgan fingerprint density at radius 2 is 1.69 bits per heavy atom. The largest absolute Gasteiger partial charge is 0.503 e. The number of aliphatic carboxylic acids is 1. The van der Waals surface area contributed by atoms with Gasteiger partial charge in [-0.3, -0.25) is 14.4 Å². The predicted octanol–water partition coefficient (Wildman–Crippen LogP) is 4.45. The van der Waals surface area contributed by atoms with Gasteiger partial charge < -0.3 is 15.1 Å². The number of aliphatic hydroxyl groups excluding tert-OH is 1. The van der Waals surface area contributed by atoms with Gasteiger partial charge in [-0.2, -0.15) is 0 Å². The predicted molar refractivity (Wildman–Crippen MR) is 117 cm³/mol. The lowest BCUT2D eigenvalue weighted by Gasteiger charge is -2.27. The standard InChI is InChI=1S/C25H24FNO5/c26-19-12-7-6-11-18(19)23-22(20(28)15-14-17-9-3-1-4-10-17)24(31)25(32)27(23)16-8-2-5-13-21(29)30/h1,3-4,6-7,9-12,14-15,23,31H,2,5,8,13,16H2,(H,29,30)/b15-14+. The van der Waals surface area contributed by atoms with Crippen LogP contribution in [0.1, 0.15) is 42.9 Å². The van der Waals surface area contributed by atoms with Crippen molar-refractivity contribution in [2.75, 3.05) is 6.54 Å². The molecule has 1 heterocycles. The number of amides is 1.